The van der Waals surface area contributed by atoms with Crippen LogP contribution in [0.2, 0.25) is 0 Å². The third-order valence-electron chi connectivity index (χ3n) is 3.87. The fourth-order valence-electron chi connectivity index (χ4n) is 2.83. The van der Waals surface area contributed by atoms with Gasteiger partial charge in [-0.25, -0.2) is 8.96 Å². The number of para-hydroxylation sites is 1. The predicted molar refractivity (Wildman–Crippen MR) is 88.9 cm³/mol. The molecule has 0 N–H and O–H groups in total. The lowest BCUT2D eigenvalue weighted by Crippen LogP contribution is -2.25. The zero-order valence-electron chi connectivity index (χ0n) is 12.9. The SMILES string of the molecule is C=C(C)c1c(F)n(-c2c(C)cccc2F)c(=O)c2ccccc12. The van der Waals surface area contributed by atoms with E-state index in [9.17, 15) is 9.18 Å². The highest BCUT2D eigenvalue weighted by Gasteiger charge is 2.21. The molecule has 0 aliphatic rings. The van der Waals surface area contributed by atoms with Gasteiger partial charge in [0.25, 0.3) is 5.56 Å². The van der Waals surface area contributed by atoms with Gasteiger partial charge in [0.15, 0.2) is 0 Å². The molecule has 0 aliphatic heterocycles. The molecule has 3 aromatic rings. The van der Waals surface area contributed by atoms with E-state index in [1.165, 1.54) is 12.1 Å². The van der Waals surface area contributed by atoms with Gasteiger partial charge in [0.05, 0.1) is 5.69 Å². The van der Waals surface area contributed by atoms with Crippen LogP contribution in [0.4, 0.5) is 8.78 Å². The lowest BCUT2D eigenvalue weighted by Gasteiger charge is -2.16. The van der Waals surface area contributed by atoms with E-state index in [0.29, 0.717) is 21.9 Å². The van der Waals surface area contributed by atoms with Gasteiger partial charge in [-0.2, -0.15) is 4.39 Å². The summed E-state index contributed by atoms with van der Waals surface area (Å²) in [5.74, 6) is -1.44. The van der Waals surface area contributed by atoms with Gasteiger partial charge >= 0.3 is 0 Å². The summed E-state index contributed by atoms with van der Waals surface area (Å²) in [5.41, 5.74) is 0.526. The van der Waals surface area contributed by atoms with Crippen molar-refractivity contribution in [1.29, 1.82) is 0 Å². The molecule has 0 bridgehead atoms. The van der Waals surface area contributed by atoms with Gasteiger partial charge in [-0.1, -0.05) is 36.9 Å². The van der Waals surface area contributed by atoms with E-state index in [0.717, 1.165) is 4.57 Å². The van der Waals surface area contributed by atoms with Crippen LogP contribution in [0.3, 0.4) is 0 Å². The molecule has 2 aromatic carbocycles. The summed E-state index contributed by atoms with van der Waals surface area (Å²) < 4.78 is 30.2. The molecule has 0 saturated carbocycles. The number of hydrogen-bond donors (Lipinski definition) is 0. The number of allylic oxidation sites excluding steroid dienone is 1. The number of aromatic nitrogens is 1. The van der Waals surface area contributed by atoms with Gasteiger partial charge in [-0.3, -0.25) is 4.79 Å². The van der Waals surface area contributed by atoms with Gasteiger partial charge in [0.2, 0.25) is 5.95 Å². The van der Waals surface area contributed by atoms with Gasteiger partial charge in [0.1, 0.15) is 5.82 Å². The van der Waals surface area contributed by atoms with Gasteiger partial charge < -0.3 is 0 Å². The van der Waals surface area contributed by atoms with Crippen LogP contribution in [0.5, 0.6) is 0 Å². The average Bonchev–Trinajstić information content (AvgIpc) is 2.50. The van der Waals surface area contributed by atoms with E-state index < -0.39 is 17.3 Å². The van der Waals surface area contributed by atoms with Crippen LogP contribution >= 0.6 is 0 Å². The Morgan fingerprint density at radius 3 is 2.30 bits per heavy atom. The molecular formula is C19H15F2NO. The fourth-order valence-corrected chi connectivity index (χ4v) is 2.83. The average molecular weight is 311 g/mol. The van der Waals surface area contributed by atoms with Crippen LogP contribution in [0.25, 0.3) is 22.0 Å². The van der Waals surface area contributed by atoms with Crippen molar-refractivity contribution < 1.29 is 8.78 Å². The van der Waals surface area contributed by atoms with E-state index in [1.54, 1.807) is 44.2 Å². The Bertz CT molecular complexity index is 982. The van der Waals surface area contributed by atoms with Gasteiger partial charge in [-0.15, -0.1) is 0 Å². The molecule has 3 rings (SSSR count). The van der Waals surface area contributed by atoms with Crippen molar-refractivity contribution in [3.63, 3.8) is 0 Å². The maximum Gasteiger partial charge on any atom is 0.265 e. The number of nitrogens with zero attached hydrogens (tertiary/aromatic N) is 1. The largest absolute Gasteiger partial charge is 0.268 e. The summed E-state index contributed by atoms with van der Waals surface area (Å²) >= 11 is 0. The molecule has 4 heteroatoms. The van der Waals surface area contributed by atoms with Crippen molar-refractivity contribution in [2.45, 2.75) is 13.8 Å². The molecule has 0 saturated heterocycles. The van der Waals surface area contributed by atoms with Crippen molar-refractivity contribution in [2.24, 2.45) is 0 Å². The Morgan fingerprint density at radius 2 is 1.70 bits per heavy atom. The highest BCUT2D eigenvalue weighted by atomic mass is 19.1. The van der Waals surface area contributed by atoms with Crippen LogP contribution in [-0.2, 0) is 0 Å². The monoisotopic (exact) mass is 311 g/mol. The minimum atomic E-state index is -0.797. The molecule has 23 heavy (non-hydrogen) atoms. The van der Waals surface area contributed by atoms with Crippen molar-refractivity contribution in [3.05, 3.63) is 82.3 Å². The maximum atomic E-state index is 15.1. The Balaban J connectivity index is 2.58. The first-order chi connectivity index (χ1) is 10.9. The molecule has 0 radical (unpaired) electrons. The summed E-state index contributed by atoms with van der Waals surface area (Å²) in [5, 5.41) is 0.808. The van der Waals surface area contributed by atoms with Crippen molar-refractivity contribution >= 4 is 16.3 Å². The van der Waals surface area contributed by atoms with Crippen molar-refractivity contribution in [2.75, 3.05) is 0 Å². The molecule has 0 atom stereocenters. The predicted octanol–water partition coefficient (Wildman–Crippen LogP) is 4.61. The number of aryl methyl sites for hydroxylation is 1. The highest BCUT2D eigenvalue weighted by molar-refractivity contribution is 5.92. The summed E-state index contributed by atoms with van der Waals surface area (Å²) in [6, 6.07) is 11.1. The minimum Gasteiger partial charge on any atom is -0.268 e. The second-order valence-corrected chi connectivity index (χ2v) is 5.54. The van der Waals surface area contributed by atoms with E-state index in [2.05, 4.69) is 6.58 Å². The molecule has 0 unspecified atom stereocenters. The number of fused-ring (bicyclic) bond motifs is 1. The minimum absolute atomic E-state index is 0.0664. The normalized spacial score (nSPS) is 11.0. The molecule has 0 fully saturated rings. The smallest absolute Gasteiger partial charge is 0.265 e. The van der Waals surface area contributed by atoms with Crippen molar-refractivity contribution in [1.82, 2.24) is 4.57 Å². The summed E-state index contributed by atoms with van der Waals surface area (Å²) in [4.78, 5) is 12.8. The van der Waals surface area contributed by atoms with E-state index in [-0.39, 0.29) is 11.3 Å². The Morgan fingerprint density at radius 1 is 1.04 bits per heavy atom. The second-order valence-electron chi connectivity index (χ2n) is 5.54. The summed E-state index contributed by atoms with van der Waals surface area (Å²) in [7, 11) is 0. The highest BCUT2D eigenvalue weighted by Crippen LogP contribution is 2.28. The first-order valence-electron chi connectivity index (χ1n) is 7.18. The second kappa shape index (κ2) is 5.47. The quantitative estimate of drug-likeness (QED) is 0.633. The van der Waals surface area contributed by atoms with Crippen molar-refractivity contribution in [3.8, 4) is 5.69 Å². The topological polar surface area (TPSA) is 22.0 Å². The van der Waals surface area contributed by atoms with Crippen LogP contribution in [-0.4, -0.2) is 4.57 Å². The van der Waals surface area contributed by atoms with Gasteiger partial charge in [0, 0.05) is 10.9 Å². The lowest BCUT2D eigenvalue weighted by atomic mass is 10.0. The van der Waals surface area contributed by atoms with Gasteiger partial charge in [-0.05, 0) is 42.5 Å². The molecule has 0 aliphatic carbocycles. The van der Waals surface area contributed by atoms with Crippen LogP contribution in [0.15, 0.2) is 53.8 Å². The fraction of sp³-hybridized carbons (Fsp3) is 0.105. The number of pyridine rings is 1. The standard InChI is InChI=1S/C19H15F2NO/c1-11(2)16-13-8-4-5-9-14(13)19(23)22(18(16)21)17-12(3)7-6-10-15(17)20/h4-10H,1H2,2-3H3. The number of halogens is 2. The van der Waals surface area contributed by atoms with Crippen LogP contribution in [0, 0.1) is 18.7 Å². The molecule has 0 spiro atoms. The first kappa shape index (κ1) is 15.2. The zero-order chi connectivity index (χ0) is 16.7. The maximum absolute atomic E-state index is 15.1. The number of benzene rings is 2. The van der Waals surface area contributed by atoms with Crippen LogP contribution in [0.1, 0.15) is 18.1 Å². The van der Waals surface area contributed by atoms with Crippen LogP contribution < -0.4 is 5.56 Å². The molecule has 1 heterocycles. The lowest BCUT2D eigenvalue weighted by molar-refractivity contribution is 0.527. The molecular weight excluding hydrogens is 296 g/mol. The van der Waals surface area contributed by atoms with E-state index in [1.807, 2.05) is 0 Å². The third kappa shape index (κ3) is 2.27. The summed E-state index contributed by atoms with van der Waals surface area (Å²) in [6.07, 6.45) is 0. The Labute approximate surface area is 132 Å². The third-order valence-corrected chi connectivity index (χ3v) is 3.87. The zero-order valence-corrected chi connectivity index (χ0v) is 12.9. The number of hydrogen-bond acceptors (Lipinski definition) is 1. The Kier molecular flexibility index (Phi) is 3.60. The molecule has 1 aromatic heterocycles. The number of rotatable bonds is 2. The van der Waals surface area contributed by atoms with E-state index in [4.69, 9.17) is 0 Å². The Hall–Kier alpha value is -2.75. The van der Waals surface area contributed by atoms with E-state index >= 15 is 4.39 Å². The molecule has 2 nitrogen and oxygen atoms in total. The molecule has 0 amide bonds. The molecule has 116 valence electrons. The first-order valence-corrected chi connectivity index (χ1v) is 7.18. The summed E-state index contributed by atoms with van der Waals surface area (Å²) in [6.45, 7) is 7.10.